The van der Waals surface area contributed by atoms with Crippen molar-refractivity contribution in [2.45, 2.75) is 79.0 Å². The fourth-order valence-corrected chi connectivity index (χ4v) is 4.91. The molecular formula is C31H42N4O7. The fourth-order valence-electron chi connectivity index (χ4n) is 4.91. The first-order valence-corrected chi connectivity index (χ1v) is 14.6. The summed E-state index contributed by atoms with van der Waals surface area (Å²) < 4.78 is 5.21. The monoisotopic (exact) mass is 582 g/mol. The molecule has 0 unspecified atom stereocenters. The maximum absolute atomic E-state index is 13.1. The number of hydrogen-bond donors (Lipinski definition) is 3. The fraction of sp³-hybridized carbons (Fsp3) is 0.548. The summed E-state index contributed by atoms with van der Waals surface area (Å²) in [6.45, 7) is 9.23. The maximum Gasteiger partial charge on any atom is 0.308 e. The van der Waals surface area contributed by atoms with Crippen molar-refractivity contribution in [3.63, 3.8) is 0 Å². The lowest BCUT2D eigenvalue weighted by Gasteiger charge is -2.31. The normalized spacial score (nSPS) is 19.9. The van der Waals surface area contributed by atoms with Crippen LogP contribution in [0.3, 0.4) is 0 Å². The van der Waals surface area contributed by atoms with E-state index in [1.54, 1.807) is 45.0 Å². The lowest BCUT2D eigenvalue weighted by molar-refractivity contribution is -0.148. The van der Waals surface area contributed by atoms with Gasteiger partial charge >= 0.3 is 5.97 Å². The molecule has 5 amide bonds. The van der Waals surface area contributed by atoms with Gasteiger partial charge in [0.15, 0.2) is 0 Å². The highest BCUT2D eigenvalue weighted by atomic mass is 16.5. The number of anilines is 1. The largest absolute Gasteiger partial charge is 0.461 e. The van der Waals surface area contributed by atoms with Gasteiger partial charge < -0.3 is 20.7 Å². The second-order valence-electron chi connectivity index (χ2n) is 11.7. The molecule has 1 fully saturated rings. The number of ether oxygens (including phenoxy) is 1. The van der Waals surface area contributed by atoms with Gasteiger partial charge in [-0.15, -0.1) is 0 Å². The van der Waals surface area contributed by atoms with Crippen LogP contribution in [0.1, 0.15) is 65.9 Å². The van der Waals surface area contributed by atoms with Crippen LogP contribution in [0.2, 0.25) is 0 Å². The molecule has 11 heteroatoms. The van der Waals surface area contributed by atoms with Gasteiger partial charge in [-0.05, 0) is 62.1 Å². The van der Waals surface area contributed by atoms with Crippen LogP contribution in [0.4, 0.5) is 5.69 Å². The Morgan fingerprint density at radius 2 is 1.45 bits per heavy atom. The third kappa shape index (κ3) is 8.99. The smallest absolute Gasteiger partial charge is 0.308 e. The standard InChI is InChI=1S/C31H42N4O7/c1-18(2)27(34-29(39)23-10-6-21(7-11-23)16-35-25(36)14-15-26(35)37)30(40)32-20(5)28(38)33-24-12-8-22(9-13-24)17-42-31(41)19(3)4/h8-9,12-15,18-21,23,27H,6-7,10-11,16-17H2,1-5H3,(H,32,40)(H,33,38)(H,34,39)/t20-,21?,23?,27-/m0/s1. The Labute approximate surface area is 246 Å². The van der Waals surface area contributed by atoms with Crippen LogP contribution in [-0.2, 0) is 40.1 Å². The van der Waals surface area contributed by atoms with Gasteiger partial charge in [-0.2, -0.15) is 0 Å². The van der Waals surface area contributed by atoms with Crippen molar-refractivity contribution in [2.75, 3.05) is 11.9 Å². The van der Waals surface area contributed by atoms with Crippen LogP contribution in [0.15, 0.2) is 36.4 Å². The molecule has 1 aliphatic carbocycles. The van der Waals surface area contributed by atoms with E-state index in [1.807, 2.05) is 13.8 Å². The van der Waals surface area contributed by atoms with Gasteiger partial charge in [0.2, 0.25) is 17.7 Å². The number of esters is 1. The van der Waals surface area contributed by atoms with E-state index < -0.39 is 23.9 Å². The van der Waals surface area contributed by atoms with Crippen molar-refractivity contribution in [1.82, 2.24) is 15.5 Å². The third-order valence-corrected chi connectivity index (χ3v) is 7.63. The van der Waals surface area contributed by atoms with Crippen LogP contribution in [-0.4, -0.2) is 59.0 Å². The summed E-state index contributed by atoms with van der Waals surface area (Å²) >= 11 is 0. The minimum atomic E-state index is -0.858. The molecule has 42 heavy (non-hydrogen) atoms. The summed E-state index contributed by atoms with van der Waals surface area (Å²) in [4.78, 5) is 75.4. The van der Waals surface area contributed by atoms with Crippen molar-refractivity contribution in [3.8, 4) is 0 Å². The molecule has 3 N–H and O–H groups in total. The van der Waals surface area contributed by atoms with E-state index in [0.29, 0.717) is 37.9 Å². The molecule has 0 aromatic heterocycles. The van der Waals surface area contributed by atoms with Gasteiger partial charge in [-0.3, -0.25) is 33.7 Å². The molecule has 1 aromatic rings. The quantitative estimate of drug-likeness (QED) is 0.253. The van der Waals surface area contributed by atoms with E-state index in [9.17, 15) is 28.8 Å². The zero-order chi connectivity index (χ0) is 31.0. The Morgan fingerprint density at radius 1 is 0.857 bits per heavy atom. The van der Waals surface area contributed by atoms with Crippen LogP contribution in [0.5, 0.6) is 0 Å². The minimum Gasteiger partial charge on any atom is -0.461 e. The summed E-state index contributed by atoms with van der Waals surface area (Å²) in [6, 6.07) is 5.19. The lowest BCUT2D eigenvalue weighted by atomic mass is 9.81. The number of benzene rings is 1. The molecule has 2 atom stereocenters. The Hall–Kier alpha value is -4.02. The predicted octanol–water partition coefficient (Wildman–Crippen LogP) is 2.70. The number of carbonyl (C=O) groups excluding carboxylic acids is 6. The number of amides is 5. The van der Waals surface area contributed by atoms with Gasteiger partial charge in [-0.25, -0.2) is 0 Å². The SMILES string of the molecule is CC(C)C(=O)OCc1ccc(NC(=O)[C@H](C)NC(=O)[C@@H](NC(=O)C2CCC(CN3C(=O)C=CC3=O)CC2)C(C)C)cc1. The van der Waals surface area contributed by atoms with Crippen LogP contribution < -0.4 is 16.0 Å². The number of hydrogen-bond acceptors (Lipinski definition) is 7. The van der Waals surface area contributed by atoms with Gasteiger partial charge in [0.1, 0.15) is 18.7 Å². The molecule has 11 nitrogen and oxygen atoms in total. The summed E-state index contributed by atoms with van der Waals surface area (Å²) in [5.41, 5.74) is 1.31. The molecular weight excluding hydrogens is 540 g/mol. The molecule has 228 valence electrons. The van der Waals surface area contributed by atoms with Crippen molar-refractivity contribution in [1.29, 1.82) is 0 Å². The summed E-state index contributed by atoms with van der Waals surface area (Å²) in [6.07, 6.45) is 5.16. The van der Waals surface area contributed by atoms with E-state index >= 15 is 0 Å². The second-order valence-corrected chi connectivity index (χ2v) is 11.7. The number of nitrogens with one attached hydrogen (secondary N) is 3. The van der Waals surface area contributed by atoms with Crippen LogP contribution >= 0.6 is 0 Å². The molecule has 0 radical (unpaired) electrons. The summed E-state index contributed by atoms with van der Waals surface area (Å²) in [7, 11) is 0. The number of nitrogens with zero attached hydrogens (tertiary/aromatic N) is 1. The van der Waals surface area contributed by atoms with Gasteiger partial charge in [0, 0.05) is 30.3 Å². The highest BCUT2D eigenvalue weighted by molar-refractivity contribution is 6.12. The summed E-state index contributed by atoms with van der Waals surface area (Å²) in [5.74, 6) is -2.51. The van der Waals surface area contributed by atoms with Gasteiger partial charge in [0.25, 0.3) is 11.8 Å². The van der Waals surface area contributed by atoms with E-state index in [2.05, 4.69) is 16.0 Å². The van der Waals surface area contributed by atoms with Crippen molar-refractivity contribution in [2.24, 2.45) is 23.7 Å². The molecule has 3 rings (SSSR count). The Bertz CT molecular complexity index is 1180. The third-order valence-electron chi connectivity index (χ3n) is 7.63. The molecule has 1 aliphatic heterocycles. The molecule has 0 spiro atoms. The summed E-state index contributed by atoms with van der Waals surface area (Å²) in [5, 5.41) is 8.32. The Kier molecular flexibility index (Phi) is 11.4. The Balaban J connectivity index is 1.45. The first-order chi connectivity index (χ1) is 19.8. The molecule has 1 saturated carbocycles. The van der Waals surface area contributed by atoms with Gasteiger partial charge in [-0.1, -0.05) is 39.8 Å². The van der Waals surface area contributed by atoms with Crippen molar-refractivity contribution in [3.05, 3.63) is 42.0 Å². The van der Waals surface area contributed by atoms with E-state index in [0.717, 1.165) is 5.56 Å². The number of imide groups is 1. The first-order valence-electron chi connectivity index (χ1n) is 14.6. The lowest BCUT2D eigenvalue weighted by Crippen LogP contribution is -2.54. The number of rotatable bonds is 12. The van der Waals surface area contributed by atoms with Crippen molar-refractivity contribution < 1.29 is 33.5 Å². The first kappa shape index (κ1) is 32.5. The highest BCUT2D eigenvalue weighted by Gasteiger charge is 2.34. The predicted molar refractivity (Wildman–Crippen MR) is 155 cm³/mol. The minimum absolute atomic E-state index is 0.139. The van der Waals surface area contributed by atoms with Crippen molar-refractivity contribution >= 4 is 41.2 Å². The highest BCUT2D eigenvalue weighted by Crippen LogP contribution is 2.30. The van der Waals surface area contributed by atoms with Crippen LogP contribution in [0.25, 0.3) is 0 Å². The van der Waals surface area contributed by atoms with E-state index in [4.69, 9.17) is 4.74 Å². The van der Waals surface area contributed by atoms with E-state index in [-0.39, 0.29) is 54.0 Å². The molecule has 0 saturated heterocycles. The Morgan fingerprint density at radius 3 is 2.00 bits per heavy atom. The van der Waals surface area contributed by atoms with Gasteiger partial charge in [0.05, 0.1) is 5.92 Å². The number of carbonyl (C=O) groups is 6. The molecule has 1 heterocycles. The van der Waals surface area contributed by atoms with Crippen LogP contribution in [0, 0.1) is 23.7 Å². The molecule has 0 bridgehead atoms. The topological polar surface area (TPSA) is 151 Å². The van der Waals surface area contributed by atoms with E-state index in [1.165, 1.54) is 17.1 Å². The average Bonchev–Trinajstić information content (AvgIpc) is 3.27. The maximum atomic E-state index is 13.1. The zero-order valence-electron chi connectivity index (χ0n) is 25.0. The molecule has 1 aromatic carbocycles. The molecule has 2 aliphatic rings. The second kappa shape index (κ2) is 14.7. The zero-order valence-corrected chi connectivity index (χ0v) is 25.0. The average molecular weight is 583 g/mol.